The van der Waals surface area contributed by atoms with Gasteiger partial charge in [0.15, 0.2) is 5.82 Å². The number of carbonyl (C=O) groups excluding carboxylic acids is 2. The van der Waals surface area contributed by atoms with Gasteiger partial charge in [-0.25, -0.2) is 19.2 Å². The van der Waals surface area contributed by atoms with Gasteiger partial charge in [-0.15, -0.1) is 0 Å². The highest BCUT2D eigenvalue weighted by Crippen LogP contribution is 2.33. The van der Waals surface area contributed by atoms with Crippen LogP contribution in [0.25, 0.3) is 0 Å². The van der Waals surface area contributed by atoms with Crippen molar-refractivity contribution in [2.24, 2.45) is 0 Å². The predicted octanol–water partition coefficient (Wildman–Crippen LogP) is 2.86. The molecule has 2 aromatic rings. The quantitative estimate of drug-likeness (QED) is 0.893. The fourth-order valence-electron chi connectivity index (χ4n) is 2.91. The maximum absolute atomic E-state index is 13.0. The number of benzene rings is 1. The highest BCUT2D eigenvalue weighted by Gasteiger charge is 2.36. The number of amides is 3. The van der Waals surface area contributed by atoms with Gasteiger partial charge in [0, 0.05) is 25.0 Å². The van der Waals surface area contributed by atoms with E-state index in [0.717, 1.165) is 0 Å². The Bertz CT molecular complexity index is 811. The van der Waals surface area contributed by atoms with Gasteiger partial charge in [0.25, 0.3) is 0 Å². The molecule has 0 bridgehead atoms. The van der Waals surface area contributed by atoms with Crippen LogP contribution in [0.4, 0.5) is 26.4 Å². The molecule has 3 amide bonds. The summed E-state index contributed by atoms with van der Waals surface area (Å²) in [5.41, 5.74) is 1.05. The molecule has 3 rings (SSSR count). The third kappa shape index (κ3) is 3.30. The number of urea groups is 1. The number of hydrazine groups is 1. The van der Waals surface area contributed by atoms with Crippen LogP contribution < -0.4 is 15.2 Å². The second-order valence-electron chi connectivity index (χ2n) is 5.70. The molecule has 0 spiro atoms. The SMILES string of the molecule is CCN1C(=O)N(CC(=O)Nc2ccc(F)cc2)c2cccnc2N1CC. The van der Waals surface area contributed by atoms with Gasteiger partial charge in [0.2, 0.25) is 5.91 Å². The van der Waals surface area contributed by atoms with Crippen molar-refractivity contribution in [2.75, 3.05) is 34.9 Å². The molecule has 0 fully saturated rings. The van der Waals surface area contributed by atoms with E-state index < -0.39 is 0 Å². The number of nitrogens with zero attached hydrogens (tertiary/aromatic N) is 4. The Hall–Kier alpha value is -3.16. The predicted molar refractivity (Wildman–Crippen MR) is 97.4 cm³/mol. The van der Waals surface area contributed by atoms with Crippen LogP contribution in [0, 0.1) is 5.82 Å². The van der Waals surface area contributed by atoms with Gasteiger partial charge in [-0.05, 0) is 50.2 Å². The number of halogens is 1. The van der Waals surface area contributed by atoms with Crippen molar-refractivity contribution >= 4 is 29.1 Å². The minimum atomic E-state index is -0.382. The van der Waals surface area contributed by atoms with Gasteiger partial charge in [-0.1, -0.05) is 0 Å². The Labute approximate surface area is 151 Å². The summed E-state index contributed by atoms with van der Waals surface area (Å²) < 4.78 is 13.0. The highest BCUT2D eigenvalue weighted by atomic mass is 19.1. The van der Waals surface area contributed by atoms with E-state index in [1.165, 1.54) is 29.2 Å². The summed E-state index contributed by atoms with van der Waals surface area (Å²) in [6.07, 6.45) is 1.65. The summed E-state index contributed by atoms with van der Waals surface area (Å²) in [7, 11) is 0. The zero-order chi connectivity index (χ0) is 18.7. The summed E-state index contributed by atoms with van der Waals surface area (Å²) in [5.74, 6) is -0.126. The minimum Gasteiger partial charge on any atom is -0.325 e. The van der Waals surface area contributed by atoms with E-state index in [1.54, 1.807) is 28.3 Å². The van der Waals surface area contributed by atoms with Crippen molar-refractivity contribution in [3.63, 3.8) is 0 Å². The van der Waals surface area contributed by atoms with E-state index in [1.807, 2.05) is 13.8 Å². The smallest absolute Gasteiger partial charge is 0.325 e. The molecule has 2 heterocycles. The number of hydrogen-bond acceptors (Lipinski definition) is 4. The Morgan fingerprint density at radius 2 is 1.81 bits per heavy atom. The second-order valence-corrected chi connectivity index (χ2v) is 5.70. The molecule has 1 aromatic heterocycles. The van der Waals surface area contributed by atoms with Gasteiger partial charge in [-0.2, -0.15) is 0 Å². The highest BCUT2D eigenvalue weighted by molar-refractivity contribution is 6.05. The van der Waals surface area contributed by atoms with Gasteiger partial charge in [0.1, 0.15) is 12.4 Å². The molecule has 0 radical (unpaired) electrons. The largest absolute Gasteiger partial charge is 0.343 e. The molecule has 8 heteroatoms. The molecule has 26 heavy (non-hydrogen) atoms. The number of hydrogen-bond donors (Lipinski definition) is 1. The normalized spacial score (nSPS) is 13.7. The van der Waals surface area contributed by atoms with Crippen LogP contribution in [0.3, 0.4) is 0 Å². The van der Waals surface area contributed by atoms with Crippen molar-refractivity contribution in [1.82, 2.24) is 9.99 Å². The van der Waals surface area contributed by atoms with Gasteiger partial charge < -0.3 is 5.32 Å². The first-order chi connectivity index (χ1) is 12.5. The Morgan fingerprint density at radius 3 is 2.46 bits per heavy atom. The van der Waals surface area contributed by atoms with Gasteiger partial charge >= 0.3 is 6.03 Å². The van der Waals surface area contributed by atoms with E-state index in [2.05, 4.69) is 10.3 Å². The Morgan fingerprint density at radius 1 is 1.12 bits per heavy atom. The monoisotopic (exact) mass is 357 g/mol. The average Bonchev–Trinajstić information content (AvgIpc) is 2.65. The van der Waals surface area contributed by atoms with E-state index in [9.17, 15) is 14.0 Å². The number of anilines is 3. The molecule has 136 valence electrons. The lowest BCUT2D eigenvalue weighted by atomic mass is 10.2. The summed E-state index contributed by atoms with van der Waals surface area (Å²) in [6, 6.07) is 8.67. The molecular weight excluding hydrogens is 337 g/mol. The maximum Gasteiger partial charge on any atom is 0.343 e. The molecule has 1 N–H and O–H groups in total. The molecule has 1 aliphatic heterocycles. The molecule has 7 nitrogen and oxygen atoms in total. The fraction of sp³-hybridized carbons (Fsp3) is 0.278. The molecule has 0 atom stereocenters. The standard InChI is InChI=1S/C18H20FN5O2/c1-3-23-17-15(6-5-11-20-17)22(18(26)24(23)4-2)12-16(25)21-14-9-7-13(19)8-10-14/h5-11H,3-4,12H2,1-2H3,(H,21,25). The van der Waals surface area contributed by atoms with Crippen LogP contribution in [0.15, 0.2) is 42.6 Å². The molecule has 0 saturated carbocycles. The molecule has 1 aliphatic rings. The van der Waals surface area contributed by atoms with Crippen LogP contribution in [-0.4, -0.2) is 41.6 Å². The molecular formula is C18H20FN5O2. The van der Waals surface area contributed by atoms with Crippen LogP contribution in [-0.2, 0) is 4.79 Å². The second kappa shape index (κ2) is 7.38. The number of aromatic nitrogens is 1. The first-order valence-corrected chi connectivity index (χ1v) is 8.42. The Kier molecular flexibility index (Phi) is 5.01. The number of pyridine rings is 1. The molecule has 0 aliphatic carbocycles. The number of fused-ring (bicyclic) bond motifs is 1. The first kappa shape index (κ1) is 17.7. The summed E-state index contributed by atoms with van der Waals surface area (Å²) in [5, 5.41) is 6.03. The van der Waals surface area contributed by atoms with Gasteiger partial charge in [-0.3, -0.25) is 14.7 Å². The van der Waals surface area contributed by atoms with Crippen molar-refractivity contribution < 1.29 is 14.0 Å². The average molecular weight is 357 g/mol. The van der Waals surface area contributed by atoms with Crippen molar-refractivity contribution in [2.45, 2.75) is 13.8 Å². The lowest BCUT2D eigenvalue weighted by Gasteiger charge is -2.43. The topological polar surface area (TPSA) is 68.8 Å². The Balaban J connectivity index is 1.84. The zero-order valence-electron chi connectivity index (χ0n) is 14.6. The van der Waals surface area contributed by atoms with Crippen LogP contribution >= 0.6 is 0 Å². The van der Waals surface area contributed by atoms with E-state index in [-0.39, 0.29) is 24.3 Å². The van der Waals surface area contributed by atoms with E-state index in [0.29, 0.717) is 30.3 Å². The number of carbonyl (C=O) groups is 2. The number of nitrogens with one attached hydrogen (secondary N) is 1. The molecule has 1 aromatic carbocycles. The summed E-state index contributed by atoms with van der Waals surface area (Å²) in [6.45, 7) is 4.68. The summed E-state index contributed by atoms with van der Waals surface area (Å²) in [4.78, 5) is 31.1. The summed E-state index contributed by atoms with van der Waals surface area (Å²) >= 11 is 0. The van der Waals surface area contributed by atoms with E-state index >= 15 is 0 Å². The lowest BCUT2D eigenvalue weighted by molar-refractivity contribution is -0.114. The van der Waals surface area contributed by atoms with Crippen molar-refractivity contribution in [3.05, 3.63) is 48.4 Å². The van der Waals surface area contributed by atoms with Gasteiger partial charge in [0.05, 0.1) is 5.69 Å². The molecule has 0 saturated heterocycles. The van der Waals surface area contributed by atoms with Crippen LogP contribution in [0.2, 0.25) is 0 Å². The van der Waals surface area contributed by atoms with Crippen molar-refractivity contribution in [3.8, 4) is 0 Å². The fourth-order valence-corrected chi connectivity index (χ4v) is 2.91. The lowest BCUT2D eigenvalue weighted by Crippen LogP contribution is -2.58. The van der Waals surface area contributed by atoms with Crippen LogP contribution in [0.1, 0.15) is 13.8 Å². The van der Waals surface area contributed by atoms with Crippen molar-refractivity contribution in [1.29, 1.82) is 0 Å². The number of rotatable bonds is 5. The van der Waals surface area contributed by atoms with Crippen LogP contribution in [0.5, 0.6) is 0 Å². The van der Waals surface area contributed by atoms with E-state index in [4.69, 9.17) is 0 Å². The third-order valence-electron chi connectivity index (χ3n) is 4.07. The third-order valence-corrected chi connectivity index (χ3v) is 4.07. The molecule has 0 unspecified atom stereocenters. The minimum absolute atomic E-state index is 0.164. The first-order valence-electron chi connectivity index (χ1n) is 8.42. The zero-order valence-corrected chi connectivity index (χ0v) is 14.6. The maximum atomic E-state index is 13.0.